The molecule has 1 heterocycles. The predicted octanol–water partition coefficient (Wildman–Crippen LogP) is 2.88. The number of nitrogens with two attached hydrogens (primary N) is 1. The first-order chi connectivity index (χ1) is 14.8. The van der Waals surface area contributed by atoms with Crippen molar-refractivity contribution < 1.29 is 28.7 Å². The van der Waals surface area contributed by atoms with E-state index in [4.69, 9.17) is 15.2 Å². The Bertz CT molecular complexity index is 1010. The number of carbonyl (C=O) groups excluding carboxylic acids is 4. The van der Waals surface area contributed by atoms with Crippen molar-refractivity contribution in [1.29, 1.82) is 0 Å². The molecule has 0 saturated carbocycles. The molecule has 1 aromatic carbocycles. The number of benzene rings is 1. The number of esters is 1. The number of amides is 2. The lowest BCUT2D eigenvalue weighted by Crippen LogP contribution is -2.30. The van der Waals surface area contributed by atoms with Crippen LogP contribution in [-0.4, -0.2) is 36.3 Å². The molecule has 0 spiro atoms. The number of ketones is 1. The molecule has 0 aliphatic heterocycles. The second-order valence-electron chi connectivity index (χ2n) is 7.28. The molecule has 0 saturated heterocycles. The minimum Gasteiger partial charge on any atom is -0.479 e. The van der Waals surface area contributed by atoms with Gasteiger partial charge in [0, 0.05) is 10.4 Å². The number of hydrogen-bond donors (Lipinski definition) is 2. The fraction of sp³-hybridized carbons (Fsp3) is 0.364. The van der Waals surface area contributed by atoms with Gasteiger partial charge in [-0.3, -0.25) is 14.4 Å². The van der Waals surface area contributed by atoms with Crippen LogP contribution in [0.5, 0.6) is 5.75 Å². The summed E-state index contributed by atoms with van der Waals surface area (Å²) in [5.74, 6) is -1.53. The number of hydrogen-bond acceptors (Lipinski definition) is 7. The Hall–Kier alpha value is -3.20. The molecule has 0 unspecified atom stereocenters. The van der Waals surface area contributed by atoms with E-state index >= 15 is 0 Å². The molecule has 8 nitrogen and oxygen atoms in total. The summed E-state index contributed by atoms with van der Waals surface area (Å²) in [6, 6.07) is 6.36. The van der Waals surface area contributed by atoms with Crippen LogP contribution in [0.15, 0.2) is 24.3 Å². The maximum absolute atomic E-state index is 12.3. The zero-order valence-electron chi connectivity index (χ0n) is 17.4. The number of anilines is 1. The first-order valence-electron chi connectivity index (χ1n) is 9.94. The van der Waals surface area contributed by atoms with E-state index in [9.17, 15) is 19.2 Å². The highest BCUT2D eigenvalue weighted by Gasteiger charge is 2.25. The molecular weight excluding hydrogens is 420 g/mol. The number of carbonyl (C=O) groups is 4. The van der Waals surface area contributed by atoms with Gasteiger partial charge in [-0.25, -0.2) is 4.79 Å². The summed E-state index contributed by atoms with van der Waals surface area (Å²) in [5, 5.41) is 3.04. The van der Waals surface area contributed by atoms with Gasteiger partial charge in [0.1, 0.15) is 10.8 Å². The molecule has 0 radical (unpaired) electrons. The van der Waals surface area contributed by atoms with Gasteiger partial charge in [0.2, 0.25) is 0 Å². The number of ether oxygens (including phenoxy) is 2. The Morgan fingerprint density at radius 1 is 1.13 bits per heavy atom. The van der Waals surface area contributed by atoms with Crippen molar-refractivity contribution in [2.75, 3.05) is 11.9 Å². The fourth-order valence-electron chi connectivity index (χ4n) is 3.35. The van der Waals surface area contributed by atoms with Crippen molar-refractivity contribution >= 4 is 39.9 Å². The van der Waals surface area contributed by atoms with Crippen molar-refractivity contribution in [3.63, 3.8) is 0 Å². The van der Waals surface area contributed by atoms with Gasteiger partial charge in [-0.1, -0.05) is 0 Å². The molecule has 1 aromatic heterocycles. The van der Waals surface area contributed by atoms with Gasteiger partial charge in [-0.15, -0.1) is 11.3 Å². The molecule has 2 amide bonds. The largest absolute Gasteiger partial charge is 0.479 e. The maximum Gasteiger partial charge on any atom is 0.347 e. The number of fused-ring (bicyclic) bond motifs is 1. The van der Waals surface area contributed by atoms with E-state index in [1.54, 1.807) is 24.3 Å². The van der Waals surface area contributed by atoms with E-state index in [0.29, 0.717) is 21.9 Å². The zero-order valence-corrected chi connectivity index (χ0v) is 18.2. The van der Waals surface area contributed by atoms with Crippen LogP contribution in [-0.2, 0) is 27.2 Å². The van der Waals surface area contributed by atoms with Crippen LogP contribution in [0.25, 0.3) is 0 Å². The fourth-order valence-corrected chi connectivity index (χ4v) is 4.66. The standard InChI is InChI=1S/C22H24N2O6S/c1-12(25)14-7-9-15(10-8-14)30-13(2)22(28)29-11-18(26)24-21-19(20(23)27)16-5-3-4-6-17(16)31-21/h7-10,13H,3-6,11H2,1-2H3,(H2,23,27)(H,24,26)/t13-/m1/s1. The molecule has 1 atom stereocenters. The summed E-state index contributed by atoms with van der Waals surface area (Å²) in [4.78, 5) is 48.7. The maximum atomic E-state index is 12.3. The van der Waals surface area contributed by atoms with Crippen molar-refractivity contribution in [3.05, 3.63) is 45.8 Å². The van der Waals surface area contributed by atoms with E-state index in [2.05, 4.69) is 5.32 Å². The topological polar surface area (TPSA) is 125 Å². The molecule has 164 valence electrons. The van der Waals surface area contributed by atoms with Gasteiger partial charge >= 0.3 is 5.97 Å². The molecule has 9 heteroatoms. The van der Waals surface area contributed by atoms with E-state index in [0.717, 1.165) is 36.1 Å². The van der Waals surface area contributed by atoms with Gasteiger partial charge in [-0.05, 0) is 69.4 Å². The Kier molecular flexibility index (Phi) is 7.06. The Labute approximate surface area is 183 Å². The third kappa shape index (κ3) is 5.49. The van der Waals surface area contributed by atoms with Gasteiger partial charge in [0.05, 0.1) is 5.56 Å². The molecule has 31 heavy (non-hydrogen) atoms. The van der Waals surface area contributed by atoms with Crippen molar-refractivity contribution in [2.24, 2.45) is 5.73 Å². The highest BCUT2D eigenvalue weighted by atomic mass is 32.1. The smallest absolute Gasteiger partial charge is 0.347 e. The average molecular weight is 445 g/mol. The lowest BCUT2D eigenvalue weighted by Gasteiger charge is -2.14. The van der Waals surface area contributed by atoms with Gasteiger partial charge < -0.3 is 20.5 Å². The zero-order chi connectivity index (χ0) is 22.5. The first kappa shape index (κ1) is 22.5. The lowest BCUT2D eigenvalue weighted by molar-refractivity contribution is -0.153. The Balaban J connectivity index is 1.54. The normalized spacial score (nSPS) is 13.6. The number of primary amides is 1. The van der Waals surface area contributed by atoms with Crippen LogP contribution < -0.4 is 15.8 Å². The second-order valence-corrected chi connectivity index (χ2v) is 8.38. The number of rotatable bonds is 8. The number of thiophene rings is 1. The number of Topliss-reactive ketones (excluding diaryl/α,β-unsaturated/α-hetero) is 1. The lowest BCUT2D eigenvalue weighted by atomic mass is 9.95. The summed E-state index contributed by atoms with van der Waals surface area (Å²) < 4.78 is 10.5. The Morgan fingerprint density at radius 3 is 2.45 bits per heavy atom. The minimum atomic E-state index is -0.953. The molecule has 3 rings (SSSR count). The van der Waals surface area contributed by atoms with Crippen molar-refractivity contribution in [1.82, 2.24) is 0 Å². The van der Waals surface area contributed by atoms with Crippen LogP contribution in [0.4, 0.5) is 5.00 Å². The summed E-state index contributed by atoms with van der Waals surface area (Å²) in [5.41, 5.74) is 7.31. The Morgan fingerprint density at radius 2 is 1.81 bits per heavy atom. The SMILES string of the molecule is CC(=O)c1ccc(O[C@H](C)C(=O)OCC(=O)Nc2sc3c(c2C(N)=O)CCCC3)cc1. The molecule has 2 aromatic rings. The van der Waals surface area contributed by atoms with Crippen LogP contribution >= 0.6 is 11.3 Å². The number of aryl methyl sites for hydroxylation is 1. The van der Waals surface area contributed by atoms with E-state index < -0.39 is 30.5 Å². The molecular formula is C22H24N2O6S. The van der Waals surface area contributed by atoms with Crippen LogP contribution in [0.2, 0.25) is 0 Å². The number of nitrogens with one attached hydrogen (secondary N) is 1. The average Bonchev–Trinajstić information content (AvgIpc) is 3.10. The third-order valence-corrected chi connectivity index (χ3v) is 6.13. The third-order valence-electron chi connectivity index (χ3n) is 4.92. The minimum absolute atomic E-state index is 0.0730. The first-order valence-corrected chi connectivity index (χ1v) is 10.8. The van der Waals surface area contributed by atoms with Crippen LogP contribution in [0.3, 0.4) is 0 Å². The predicted molar refractivity (Wildman–Crippen MR) is 116 cm³/mol. The van der Waals surface area contributed by atoms with Crippen molar-refractivity contribution in [3.8, 4) is 5.75 Å². The molecule has 1 aliphatic rings. The summed E-state index contributed by atoms with van der Waals surface area (Å²) in [6.45, 7) is 2.44. The second kappa shape index (κ2) is 9.74. The summed E-state index contributed by atoms with van der Waals surface area (Å²) in [7, 11) is 0. The van der Waals surface area contributed by atoms with E-state index in [1.165, 1.54) is 25.2 Å². The van der Waals surface area contributed by atoms with E-state index in [-0.39, 0.29) is 5.78 Å². The molecule has 1 aliphatic carbocycles. The van der Waals surface area contributed by atoms with Gasteiger partial charge in [-0.2, -0.15) is 0 Å². The summed E-state index contributed by atoms with van der Waals surface area (Å²) >= 11 is 1.34. The highest BCUT2D eigenvalue weighted by molar-refractivity contribution is 7.17. The van der Waals surface area contributed by atoms with Gasteiger partial charge in [0.15, 0.2) is 18.5 Å². The van der Waals surface area contributed by atoms with E-state index in [1.807, 2.05) is 0 Å². The highest BCUT2D eigenvalue weighted by Crippen LogP contribution is 2.37. The van der Waals surface area contributed by atoms with Crippen LogP contribution in [0, 0.1) is 0 Å². The quantitative estimate of drug-likeness (QED) is 0.476. The molecule has 0 fully saturated rings. The monoisotopic (exact) mass is 444 g/mol. The molecule has 3 N–H and O–H groups in total. The van der Waals surface area contributed by atoms with Crippen molar-refractivity contribution in [2.45, 2.75) is 45.6 Å². The summed E-state index contributed by atoms with van der Waals surface area (Å²) in [6.07, 6.45) is 2.67. The molecule has 0 bridgehead atoms. The van der Waals surface area contributed by atoms with Gasteiger partial charge in [0.25, 0.3) is 11.8 Å². The van der Waals surface area contributed by atoms with Crippen LogP contribution in [0.1, 0.15) is 57.8 Å².